The van der Waals surface area contributed by atoms with Gasteiger partial charge in [-0.2, -0.15) is 10.4 Å². The zero-order valence-electron chi connectivity index (χ0n) is 18.3. The molecule has 13 heteroatoms. The van der Waals surface area contributed by atoms with Crippen molar-refractivity contribution >= 4 is 27.3 Å². The highest BCUT2D eigenvalue weighted by atomic mass is 32.2. The van der Waals surface area contributed by atoms with Crippen LogP contribution in [0.4, 0.5) is 17.3 Å². The fourth-order valence-electron chi connectivity index (χ4n) is 2.97. The van der Waals surface area contributed by atoms with E-state index in [1.165, 1.54) is 37.4 Å². The molecule has 0 bridgehead atoms. The van der Waals surface area contributed by atoms with Crippen molar-refractivity contribution in [3.05, 3.63) is 63.7 Å². The van der Waals surface area contributed by atoms with Gasteiger partial charge in [-0.15, -0.1) is 5.11 Å². The Morgan fingerprint density at radius 1 is 1.18 bits per heavy atom. The Morgan fingerprint density at radius 3 is 2.50 bits per heavy atom. The van der Waals surface area contributed by atoms with Crippen molar-refractivity contribution < 1.29 is 18.6 Å². The van der Waals surface area contributed by atoms with Gasteiger partial charge in [0.1, 0.15) is 11.6 Å². The normalized spacial score (nSPS) is 11.5. The lowest BCUT2D eigenvalue weighted by Gasteiger charge is -2.12. The van der Waals surface area contributed by atoms with Gasteiger partial charge in [0.25, 0.3) is 15.6 Å². The van der Waals surface area contributed by atoms with Crippen molar-refractivity contribution in [1.29, 1.82) is 5.26 Å². The number of nitriles is 1. The fourth-order valence-corrected chi connectivity index (χ4v) is 3.92. The maximum absolute atomic E-state index is 12.7. The number of hydrogen-bond donors (Lipinski definition) is 3. The minimum atomic E-state index is -3.94. The predicted octanol–water partition coefficient (Wildman–Crippen LogP) is 2.43. The molecule has 34 heavy (non-hydrogen) atoms. The first kappa shape index (κ1) is 24.5. The maximum atomic E-state index is 12.7. The quantitative estimate of drug-likeness (QED) is 0.408. The highest BCUT2D eigenvalue weighted by Gasteiger charge is 2.19. The number of aliphatic hydroxyl groups excluding tert-OH is 1. The van der Waals surface area contributed by atoms with Crippen molar-refractivity contribution in [3.8, 4) is 11.9 Å². The van der Waals surface area contributed by atoms with E-state index in [0.717, 1.165) is 4.57 Å². The van der Waals surface area contributed by atoms with Crippen LogP contribution < -0.4 is 10.3 Å². The zero-order chi connectivity index (χ0) is 24.9. The van der Waals surface area contributed by atoms with E-state index in [1.807, 2.05) is 6.07 Å². The van der Waals surface area contributed by atoms with E-state index in [9.17, 15) is 23.6 Å². The highest BCUT2D eigenvalue weighted by molar-refractivity contribution is 7.92. The Kier molecular flexibility index (Phi) is 7.34. The van der Waals surface area contributed by atoms with Gasteiger partial charge < -0.3 is 10.2 Å². The number of sulfonamides is 1. The largest absolute Gasteiger partial charge is 0.493 e. The second-order valence-electron chi connectivity index (χ2n) is 7.14. The summed E-state index contributed by atoms with van der Waals surface area (Å²) in [5.41, 5.74) is 0.0453. The number of aliphatic hydroxyl groups is 1. The first-order chi connectivity index (χ1) is 16.2. The first-order valence-electron chi connectivity index (χ1n) is 9.99. The average Bonchev–Trinajstić information content (AvgIpc) is 2.79. The SMILES string of the molecule is Cc1ccnc(NS(=O)(=O)c2ccc(N=Nc3c(C)c(C#N)c(O)n(CCCO)c3=O)cc2)n1. The van der Waals surface area contributed by atoms with Crippen molar-refractivity contribution in [3.63, 3.8) is 0 Å². The lowest BCUT2D eigenvalue weighted by Crippen LogP contribution is -2.22. The van der Waals surface area contributed by atoms with Crippen LogP contribution in [0, 0.1) is 25.2 Å². The van der Waals surface area contributed by atoms with Crippen LogP contribution >= 0.6 is 0 Å². The topological polar surface area (TPSA) is 183 Å². The molecule has 0 amide bonds. The molecule has 0 aliphatic carbocycles. The monoisotopic (exact) mass is 483 g/mol. The summed E-state index contributed by atoms with van der Waals surface area (Å²) < 4.78 is 28.4. The van der Waals surface area contributed by atoms with Gasteiger partial charge in [-0.1, -0.05) is 0 Å². The van der Waals surface area contributed by atoms with Crippen molar-refractivity contribution in [2.75, 3.05) is 11.3 Å². The molecule has 0 fully saturated rings. The number of nitrogens with zero attached hydrogens (tertiary/aromatic N) is 6. The van der Waals surface area contributed by atoms with E-state index in [0.29, 0.717) is 5.69 Å². The fraction of sp³-hybridized carbons (Fsp3) is 0.238. The number of pyridine rings is 1. The zero-order valence-corrected chi connectivity index (χ0v) is 19.1. The summed E-state index contributed by atoms with van der Waals surface area (Å²) in [5.74, 6) is -0.561. The first-order valence-corrected chi connectivity index (χ1v) is 11.5. The van der Waals surface area contributed by atoms with Crippen LogP contribution in [0.2, 0.25) is 0 Å². The summed E-state index contributed by atoms with van der Waals surface area (Å²) in [6, 6.07) is 8.85. The molecule has 12 nitrogen and oxygen atoms in total. The molecule has 0 saturated carbocycles. The lowest BCUT2D eigenvalue weighted by molar-refractivity contribution is 0.274. The van der Waals surface area contributed by atoms with E-state index < -0.39 is 21.5 Å². The molecule has 2 heterocycles. The number of aromatic hydroxyl groups is 1. The van der Waals surface area contributed by atoms with E-state index in [-0.39, 0.29) is 52.9 Å². The van der Waals surface area contributed by atoms with E-state index >= 15 is 0 Å². The van der Waals surface area contributed by atoms with Gasteiger partial charge in [0.15, 0.2) is 5.69 Å². The summed E-state index contributed by atoms with van der Waals surface area (Å²) >= 11 is 0. The van der Waals surface area contributed by atoms with Crippen molar-refractivity contribution in [2.45, 2.75) is 31.7 Å². The van der Waals surface area contributed by atoms with Crippen LogP contribution in [0.15, 0.2) is 56.4 Å². The Bertz CT molecular complexity index is 1440. The maximum Gasteiger partial charge on any atom is 0.281 e. The molecule has 0 aliphatic rings. The Balaban J connectivity index is 1.89. The predicted molar refractivity (Wildman–Crippen MR) is 122 cm³/mol. The Hall–Kier alpha value is -4.15. The van der Waals surface area contributed by atoms with Gasteiger partial charge in [-0.3, -0.25) is 9.36 Å². The number of rotatable bonds is 8. The molecule has 0 atom stereocenters. The third kappa shape index (κ3) is 5.25. The third-order valence-electron chi connectivity index (χ3n) is 4.74. The number of aromatic nitrogens is 3. The summed E-state index contributed by atoms with van der Waals surface area (Å²) in [6.07, 6.45) is 1.63. The molecule has 0 aliphatic heterocycles. The van der Waals surface area contributed by atoms with Gasteiger partial charge in [0, 0.05) is 30.6 Å². The number of benzene rings is 1. The Labute approximate surface area is 195 Å². The summed E-state index contributed by atoms with van der Waals surface area (Å²) in [5, 5.41) is 36.5. The molecule has 1 aromatic carbocycles. The lowest BCUT2D eigenvalue weighted by atomic mass is 10.1. The molecule has 0 unspecified atom stereocenters. The van der Waals surface area contributed by atoms with Crippen molar-refractivity contribution in [1.82, 2.24) is 14.5 Å². The molecule has 3 rings (SSSR count). The molecule has 0 spiro atoms. The van der Waals surface area contributed by atoms with Crippen molar-refractivity contribution in [2.24, 2.45) is 10.2 Å². The molecular formula is C21H21N7O5S. The van der Waals surface area contributed by atoms with Crippen LogP contribution in [0.5, 0.6) is 5.88 Å². The number of aryl methyl sites for hydroxylation is 1. The second-order valence-corrected chi connectivity index (χ2v) is 8.82. The molecule has 3 N–H and O–H groups in total. The minimum Gasteiger partial charge on any atom is -0.493 e. The molecule has 0 radical (unpaired) electrons. The standard InChI is InChI=1S/C21H21N7O5S/c1-13-8-9-23-21(24-13)27-34(32,33)16-6-4-15(5-7-16)25-26-18-14(2)17(12-22)19(30)28(20(18)31)10-3-11-29/h4-9,29-30H,3,10-11H2,1-2H3,(H,23,24,27). The highest BCUT2D eigenvalue weighted by Crippen LogP contribution is 2.27. The van der Waals surface area contributed by atoms with E-state index in [4.69, 9.17) is 5.11 Å². The van der Waals surface area contributed by atoms with Gasteiger partial charge in [0.2, 0.25) is 11.8 Å². The molecular weight excluding hydrogens is 462 g/mol. The van der Waals surface area contributed by atoms with Gasteiger partial charge in [-0.05, 0) is 50.6 Å². The molecule has 2 aromatic heterocycles. The van der Waals surface area contributed by atoms with Gasteiger partial charge in [0.05, 0.1) is 10.6 Å². The number of anilines is 1. The van der Waals surface area contributed by atoms with Crippen LogP contribution in [0.25, 0.3) is 0 Å². The summed E-state index contributed by atoms with van der Waals surface area (Å²) in [4.78, 5) is 20.6. The van der Waals surface area contributed by atoms with Crippen LogP contribution in [0.1, 0.15) is 23.2 Å². The van der Waals surface area contributed by atoms with Crippen LogP contribution in [-0.2, 0) is 16.6 Å². The summed E-state index contributed by atoms with van der Waals surface area (Å²) in [6.45, 7) is 2.94. The van der Waals surface area contributed by atoms with Gasteiger partial charge in [-0.25, -0.2) is 23.1 Å². The Morgan fingerprint density at radius 2 is 1.88 bits per heavy atom. The van der Waals surface area contributed by atoms with Crippen LogP contribution in [-0.4, -0.2) is 39.8 Å². The molecule has 3 aromatic rings. The average molecular weight is 484 g/mol. The molecule has 0 saturated heterocycles. The van der Waals surface area contributed by atoms with Gasteiger partial charge >= 0.3 is 0 Å². The second kappa shape index (κ2) is 10.2. The van der Waals surface area contributed by atoms with Crippen LogP contribution in [0.3, 0.4) is 0 Å². The third-order valence-corrected chi connectivity index (χ3v) is 6.09. The minimum absolute atomic E-state index is 0.0111. The number of nitrogens with one attached hydrogen (secondary N) is 1. The van der Waals surface area contributed by atoms with E-state index in [2.05, 4.69) is 24.9 Å². The smallest absolute Gasteiger partial charge is 0.281 e. The number of hydrogen-bond acceptors (Lipinski definition) is 10. The number of azo groups is 1. The van der Waals surface area contributed by atoms with E-state index in [1.54, 1.807) is 13.0 Å². The summed E-state index contributed by atoms with van der Waals surface area (Å²) in [7, 11) is -3.94. The molecule has 176 valence electrons.